The van der Waals surface area contributed by atoms with E-state index in [4.69, 9.17) is 23.2 Å². The van der Waals surface area contributed by atoms with E-state index < -0.39 is 0 Å². The van der Waals surface area contributed by atoms with Crippen molar-refractivity contribution in [3.05, 3.63) is 68.7 Å². The van der Waals surface area contributed by atoms with Gasteiger partial charge in [-0.3, -0.25) is 4.79 Å². The van der Waals surface area contributed by atoms with Gasteiger partial charge < -0.3 is 10.6 Å². The van der Waals surface area contributed by atoms with Crippen LogP contribution in [-0.2, 0) is 11.3 Å². The SMILES string of the molecule is CN[C@H]1CC[C@@H](c2ccc(Cl)c(Cl)c2)c2ccc(CNC=O)cc21.Cl. The summed E-state index contributed by atoms with van der Waals surface area (Å²) in [5.74, 6) is 0.312. The van der Waals surface area contributed by atoms with E-state index in [0.717, 1.165) is 24.8 Å². The van der Waals surface area contributed by atoms with E-state index in [1.54, 1.807) is 0 Å². The molecule has 0 saturated carbocycles. The van der Waals surface area contributed by atoms with Crippen LogP contribution in [0.3, 0.4) is 0 Å². The van der Waals surface area contributed by atoms with Crippen LogP contribution in [0.4, 0.5) is 0 Å². The molecule has 6 heteroatoms. The molecule has 0 aromatic heterocycles. The van der Waals surface area contributed by atoms with E-state index >= 15 is 0 Å². The molecule has 0 saturated heterocycles. The maximum atomic E-state index is 10.5. The van der Waals surface area contributed by atoms with Crippen LogP contribution in [0.1, 0.15) is 47.1 Å². The summed E-state index contributed by atoms with van der Waals surface area (Å²) in [7, 11) is 1.99. The van der Waals surface area contributed by atoms with Gasteiger partial charge in [0.05, 0.1) is 10.0 Å². The third-order valence-corrected chi connectivity index (χ3v) is 5.47. The Labute approximate surface area is 164 Å². The average Bonchev–Trinajstić information content (AvgIpc) is 2.61. The molecule has 1 amide bonds. The van der Waals surface area contributed by atoms with E-state index in [0.29, 0.717) is 28.5 Å². The van der Waals surface area contributed by atoms with Gasteiger partial charge in [-0.2, -0.15) is 0 Å². The Balaban J connectivity index is 0.00000225. The molecule has 0 radical (unpaired) electrons. The molecule has 1 aliphatic carbocycles. The summed E-state index contributed by atoms with van der Waals surface area (Å²) in [6.45, 7) is 0.546. The second-order valence-corrected chi connectivity index (χ2v) is 6.92. The second kappa shape index (κ2) is 8.91. The number of fused-ring (bicyclic) bond motifs is 1. The smallest absolute Gasteiger partial charge is 0.207 e. The molecule has 3 nitrogen and oxygen atoms in total. The fourth-order valence-electron chi connectivity index (χ4n) is 3.53. The minimum Gasteiger partial charge on any atom is -0.355 e. The number of nitrogens with one attached hydrogen (secondary N) is 2. The van der Waals surface area contributed by atoms with E-state index in [2.05, 4.69) is 34.9 Å². The van der Waals surface area contributed by atoms with Crippen LogP contribution in [-0.4, -0.2) is 13.5 Å². The highest BCUT2D eigenvalue weighted by molar-refractivity contribution is 6.42. The fourth-order valence-corrected chi connectivity index (χ4v) is 3.84. The number of carbonyl (C=O) groups is 1. The standard InChI is InChI=1S/C19H20Cl2N2O.ClH/c1-22-19-7-5-14(13-3-6-17(20)18(21)9-13)15-4-2-12(8-16(15)19)10-23-11-24;/h2-4,6,8-9,11,14,19,22H,5,7,10H2,1H3,(H,23,24);1H/t14-,19-;/m0./s1. The maximum absolute atomic E-state index is 10.5. The van der Waals surface area contributed by atoms with Gasteiger partial charge in [0.1, 0.15) is 0 Å². The summed E-state index contributed by atoms with van der Waals surface area (Å²) in [6, 6.07) is 12.7. The molecule has 0 fully saturated rings. The Kier molecular flexibility index (Phi) is 7.14. The fraction of sp³-hybridized carbons (Fsp3) is 0.316. The van der Waals surface area contributed by atoms with Crippen molar-refractivity contribution in [1.82, 2.24) is 10.6 Å². The average molecular weight is 400 g/mol. The van der Waals surface area contributed by atoms with Crippen LogP contribution in [0.5, 0.6) is 0 Å². The lowest BCUT2D eigenvalue weighted by Crippen LogP contribution is -2.25. The molecule has 134 valence electrons. The first kappa shape index (κ1) is 20.1. The Hall–Kier alpha value is -1.26. The number of halogens is 3. The lowest BCUT2D eigenvalue weighted by Gasteiger charge is -2.32. The first-order valence-corrected chi connectivity index (χ1v) is 8.81. The summed E-state index contributed by atoms with van der Waals surface area (Å²) >= 11 is 12.3. The molecule has 0 bridgehead atoms. The highest BCUT2D eigenvalue weighted by Gasteiger charge is 2.28. The van der Waals surface area contributed by atoms with Gasteiger partial charge in [-0.15, -0.1) is 12.4 Å². The van der Waals surface area contributed by atoms with Gasteiger partial charge >= 0.3 is 0 Å². The van der Waals surface area contributed by atoms with Crippen molar-refractivity contribution in [2.45, 2.75) is 31.3 Å². The molecule has 0 heterocycles. The molecule has 1 aliphatic rings. The molecule has 2 N–H and O–H groups in total. The Morgan fingerprint density at radius 1 is 1.08 bits per heavy atom. The Morgan fingerprint density at radius 2 is 1.88 bits per heavy atom. The van der Waals surface area contributed by atoms with Crippen LogP contribution in [0.25, 0.3) is 0 Å². The van der Waals surface area contributed by atoms with Crippen LogP contribution in [0.15, 0.2) is 36.4 Å². The summed E-state index contributed by atoms with van der Waals surface area (Å²) < 4.78 is 0. The molecule has 0 aliphatic heterocycles. The molecule has 2 atom stereocenters. The summed E-state index contributed by atoms with van der Waals surface area (Å²) in [4.78, 5) is 10.5. The lowest BCUT2D eigenvalue weighted by atomic mass is 9.76. The number of carbonyl (C=O) groups excluding carboxylic acids is 1. The molecule has 2 aromatic carbocycles. The molecule has 0 spiro atoms. The molecule has 2 aromatic rings. The predicted molar refractivity (Wildman–Crippen MR) is 106 cm³/mol. The first-order valence-electron chi connectivity index (χ1n) is 8.06. The highest BCUT2D eigenvalue weighted by Crippen LogP contribution is 2.42. The van der Waals surface area contributed by atoms with Crippen LogP contribution < -0.4 is 10.6 Å². The number of hydrogen-bond acceptors (Lipinski definition) is 2. The zero-order chi connectivity index (χ0) is 17.1. The van der Waals surface area contributed by atoms with E-state index in [-0.39, 0.29) is 12.4 Å². The van der Waals surface area contributed by atoms with Crippen LogP contribution in [0.2, 0.25) is 10.0 Å². The van der Waals surface area contributed by atoms with E-state index in [9.17, 15) is 4.79 Å². The highest BCUT2D eigenvalue weighted by atomic mass is 35.5. The van der Waals surface area contributed by atoms with Crippen molar-refractivity contribution in [3.63, 3.8) is 0 Å². The second-order valence-electron chi connectivity index (χ2n) is 6.11. The van der Waals surface area contributed by atoms with Crippen molar-refractivity contribution in [2.24, 2.45) is 0 Å². The first-order chi connectivity index (χ1) is 11.6. The number of amides is 1. The van der Waals surface area contributed by atoms with E-state index in [1.165, 1.54) is 16.7 Å². The molecule has 3 rings (SSSR count). The maximum Gasteiger partial charge on any atom is 0.207 e. The van der Waals surface area contributed by atoms with Gasteiger partial charge in [-0.05, 0) is 54.3 Å². The minimum absolute atomic E-state index is 0. The molecular weight excluding hydrogens is 379 g/mol. The molecule has 25 heavy (non-hydrogen) atoms. The van der Waals surface area contributed by atoms with Crippen LogP contribution >= 0.6 is 35.6 Å². The quantitative estimate of drug-likeness (QED) is 0.706. The number of hydrogen-bond donors (Lipinski definition) is 2. The predicted octanol–water partition coefficient (Wildman–Crippen LogP) is 4.85. The third-order valence-electron chi connectivity index (χ3n) is 4.73. The zero-order valence-electron chi connectivity index (χ0n) is 13.9. The normalized spacial score (nSPS) is 18.8. The monoisotopic (exact) mass is 398 g/mol. The topological polar surface area (TPSA) is 41.1 Å². The van der Waals surface area contributed by atoms with Gasteiger partial charge in [0.25, 0.3) is 0 Å². The van der Waals surface area contributed by atoms with E-state index in [1.807, 2.05) is 19.2 Å². The molecular formula is C19H21Cl3N2O. The number of rotatable bonds is 5. The van der Waals surface area contributed by atoms with Crippen molar-refractivity contribution < 1.29 is 4.79 Å². The van der Waals surface area contributed by atoms with Crippen molar-refractivity contribution >= 4 is 42.0 Å². The van der Waals surface area contributed by atoms with Gasteiger partial charge in [-0.1, -0.05) is 47.5 Å². The van der Waals surface area contributed by atoms with Crippen LogP contribution in [0, 0.1) is 0 Å². The van der Waals surface area contributed by atoms with Gasteiger partial charge in [0.2, 0.25) is 6.41 Å². The largest absolute Gasteiger partial charge is 0.355 e. The summed E-state index contributed by atoms with van der Waals surface area (Å²) in [5, 5.41) is 7.31. The Morgan fingerprint density at radius 3 is 2.56 bits per heavy atom. The van der Waals surface area contributed by atoms with Gasteiger partial charge in [0.15, 0.2) is 0 Å². The van der Waals surface area contributed by atoms with Crippen molar-refractivity contribution in [1.29, 1.82) is 0 Å². The number of benzene rings is 2. The summed E-state index contributed by atoms with van der Waals surface area (Å²) in [6.07, 6.45) is 2.84. The Bertz CT molecular complexity index is 751. The zero-order valence-corrected chi connectivity index (χ0v) is 16.2. The summed E-state index contributed by atoms with van der Waals surface area (Å²) in [5.41, 5.74) is 4.91. The molecule has 0 unspecified atom stereocenters. The van der Waals surface area contributed by atoms with Crippen molar-refractivity contribution in [2.75, 3.05) is 7.05 Å². The minimum atomic E-state index is 0. The van der Waals surface area contributed by atoms with Crippen molar-refractivity contribution in [3.8, 4) is 0 Å². The third kappa shape index (κ3) is 4.29. The van der Waals surface area contributed by atoms with Gasteiger partial charge in [0, 0.05) is 18.5 Å². The lowest BCUT2D eigenvalue weighted by molar-refractivity contribution is -0.109. The van der Waals surface area contributed by atoms with Gasteiger partial charge in [-0.25, -0.2) is 0 Å².